The molecule has 0 aromatic heterocycles. The van der Waals surface area contributed by atoms with E-state index in [-0.39, 0.29) is 29.9 Å². The molecule has 1 fully saturated rings. The Morgan fingerprint density at radius 2 is 2.03 bits per heavy atom. The number of fused-ring (bicyclic) bond motifs is 1. The van der Waals surface area contributed by atoms with Crippen LogP contribution in [0.15, 0.2) is 41.3 Å². The average molecular weight is 488 g/mol. The number of piperidine rings is 1. The SMILES string of the molecule is CCOc1ccc(CNC(=O)C2CCCN(S(=O)(=O)c3cc4c(cc3C)NC(=O)CO4)C2)cc1. The number of benzene rings is 2. The van der Waals surface area contributed by atoms with E-state index in [1.807, 2.05) is 31.2 Å². The van der Waals surface area contributed by atoms with E-state index in [0.717, 1.165) is 11.3 Å². The molecule has 2 aromatic carbocycles. The molecule has 0 bridgehead atoms. The quantitative estimate of drug-likeness (QED) is 0.620. The van der Waals surface area contributed by atoms with Gasteiger partial charge in [0.05, 0.1) is 23.1 Å². The van der Waals surface area contributed by atoms with Gasteiger partial charge < -0.3 is 20.1 Å². The average Bonchev–Trinajstić information content (AvgIpc) is 2.83. The van der Waals surface area contributed by atoms with Crippen LogP contribution in [-0.4, -0.2) is 50.8 Å². The van der Waals surface area contributed by atoms with E-state index >= 15 is 0 Å². The maximum absolute atomic E-state index is 13.4. The predicted molar refractivity (Wildman–Crippen MR) is 126 cm³/mol. The van der Waals surface area contributed by atoms with E-state index in [1.165, 1.54) is 10.4 Å². The van der Waals surface area contributed by atoms with Crippen molar-refractivity contribution in [2.75, 3.05) is 31.6 Å². The zero-order valence-corrected chi connectivity index (χ0v) is 20.1. The topological polar surface area (TPSA) is 114 Å². The highest BCUT2D eigenvalue weighted by Crippen LogP contribution is 2.35. The normalized spacial score (nSPS) is 18.4. The van der Waals surface area contributed by atoms with Gasteiger partial charge in [-0.05, 0) is 56.0 Å². The first-order chi connectivity index (χ1) is 16.3. The molecule has 2 aromatic rings. The summed E-state index contributed by atoms with van der Waals surface area (Å²) in [6, 6.07) is 10.6. The molecule has 1 atom stereocenters. The Bertz CT molecular complexity index is 1180. The smallest absolute Gasteiger partial charge is 0.262 e. The van der Waals surface area contributed by atoms with E-state index in [4.69, 9.17) is 9.47 Å². The maximum atomic E-state index is 13.4. The minimum Gasteiger partial charge on any atom is -0.494 e. The van der Waals surface area contributed by atoms with Gasteiger partial charge in [0.25, 0.3) is 5.91 Å². The zero-order valence-electron chi connectivity index (χ0n) is 19.3. The number of anilines is 1. The third kappa shape index (κ3) is 5.18. The number of ether oxygens (including phenoxy) is 2. The lowest BCUT2D eigenvalue weighted by atomic mass is 9.99. The van der Waals surface area contributed by atoms with Crippen LogP contribution < -0.4 is 20.1 Å². The Morgan fingerprint density at radius 3 is 2.76 bits per heavy atom. The highest BCUT2D eigenvalue weighted by atomic mass is 32.2. The van der Waals surface area contributed by atoms with E-state index < -0.39 is 15.9 Å². The maximum Gasteiger partial charge on any atom is 0.262 e. The third-order valence-electron chi connectivity index (χ3n) is 5.98. The van der Waals surface area contributed by atoms with Crippen LogP contribution in [0.25, 0.3) is 0 Å². The minimum absolute atomic E-state index is 0.117. The molecule has 4 rings (SSSR count). The highest BCUT2D eigenvalue weighted by Gasteiger charge is 2.35. The molecule has 182 valence electrons. The summed E-state index contributed by atoms with van der Waals surface area (Å²) in [6.07, 6.45) is 1.22. The molecule has 2 N–H and O–H groups in total. The van der Waals surface area contributed by atoms with Gasteiger partial charge in [-0.15, -0.1) is 0 Å². The van der Waals surface area contributed by atoms with Crippen LogP contribution in [0.3, 0.4) is 0 Å². The molecule has 1 saturated heterocycles. The lowest BCUT2D eigenvalue weighted by Crippen LogP contribution is -2.45. The second kappa shape index (κ2) is 10.0. The van der Waals surface area contributed by atoms with Gasteiger partial charge in [-0.3, -0.25) is 9.59 Å². The Kier molecular flexibility index (Phi) is 7.08. The van der Waals surface area contributed by atoms with Crippen LogP contribution in [0.4, 0.5) is 5.69 Å². The molecular weight excluding hydrogens is 458 g/mol. The number of nitrogens with zero attached hydrogens (tertiary/aromatic N) is 1. The van der Waals surface area contributed by atoms with Crippen molar-refractivity contribution in [3.8, 4) is 11.5 Å². The standard InChI is InChI=1S/C24H29N3O6S/c1-3-32-19-8-6-17(7-9-19)13-25-24(29)18-5-4-10-27(14-18)34(30,31)22-12-21-20(11-16(22)2)26-23(28)15-33-21/h6-9,11-12,18H,3-5,10,13-15H2,1-2H3,(H,25,29)(H,26,28). The Balaban J connectivity index is 1.42. The van der Waals surface area contributed by atoms with Gasteiger partial charge in [0.1, 0.15) is 11.5 Å². The largest absolute Gasteiger partial charge is 0.494 e. The molecular formula is C24H29N3O6S. The number of carbonyl (C=O) groups excluding carboxylic acids is 2. The number of hydrogen-bond acceptors (Lipinski definition) is 6. The summed E-state index contributed by atoms with van der Waals surface area (Å²) in [5.74, 6) is 0.223. The highest BCUT2D eigenvalue weighted by molar-refractivity contribution is 7.89. The fourth-order valence-electron chi connectivity index (χ4n) is 4.21. The Labute approximate surface area is 199 Å². The van der Waals surface area contributed by atoms with E-state index in [9.17, 15) is 18.0 Å². The van der Waals surface area contributed by atoms with Crippen molar-refractivity contribution in [2.45, 2.75) is 38.1 Å². The molecule has 10 heteroatoms. The first kappa shape index (κ1) is 24.0. The zero-order chi connectivity index (χ0) is 24.3. The number of aryl methyl sites for hydroxylation is 1. The van der Waals surface area contributed by atoms with Crippen molar-refractivity contribution >= 4 is 27.5 Å². The van der Waals surface area contributed by atoms with Crippen molar-refractivity contribution < 1.29 is 27.5 Å². The molecule has 0 saturated carbocycles. The lowest BCUT2D eigenvalue weighted by Gasteiger charge is -2.32. The molecule has 0 aliphatic carbocycles. The minimum atomic E-state index is -3.84. The van der Waals surface area contributed by atoms with Crippen molar-refractivity contribution in [2.24, 2.45) is 5.92 Å². The van der Waals surface area contributed by atoms with Gasteiger partial charge >= 0.3 is 0 Å². The van der Waals surface area contributed by atoms with Crippen LogP contribution in [0.5, 0.6) is 11.5 Å². The predicted octanol–water partition coefficient (Wildman–Crippen LogP) is 2.44. The monoisotopic (exact) mass is 487 g/mol. The fourth-order valence-corrected chi connectivity index (χ4v) is 5.96. The number of carbonyl (C=O) groups is 2. The number of hydrogen-bond donors (Lipinski definition) is 2. The van der Waals surface area contributed by atoms with E-state index in [0.29, 0.717) is 49.5 Å². The van der Waals surface area contributed by atoms with Gasteiger partial charge in [-0.2, -0.15) is 4.31 Å². The van der Waals surface area contributed by atoms with Gasteiger partial charge in [-0.25, -0.2) is 8.42 Å². The summed E-state index contributed by atoms with van der Waals surface area (Å²) in [5.41, 5.74) is 1.90. The molecule has 9 nitrogen and oxygen atoms in total. The second-order valence-electron chi connectivity index (χ2n) is 8.45. The lowest BCUT2D eigenvalue weighted by molar-refractivity contribution is -0.126. The van der Waals surface area contributed by atoms with E-state index in [2.05, 4.69) is 10.6 Å². The van der Waals surface area contributed by atoms with Crippen molar-refractivity contribution in [1.82, 2.24) is 9.62 Å². The van der Waals surface area contributed by atoms with Crippen molar-refractivity contribution in [3.63, 3.8) is 0 Å². The van der Waals surface area contributed by atoms with Crippen LogP contribution in [-0.2, 0) is 26.2 Å². The molecule has 34 heavy (non-hydrogen) atoms. The number of nitrogens with one attached hydrogen (secondary N) is 2. The molecule has 2 aliphatic rings. The Morgan fingerprint density at radius 1 is 1.26 bits per heavy atom. The summed E-state index contributed by atoms with van der Waals surface area (Å²) in [4.78, 5) is 24.5. The molecule has 0 radical (unpaired) electrons. The number of rotatable bonds is 7. The van der Waals surface area contributed by atoms with Crippen LogP contribution in [0, 0.1) is 12.8 Å². The second-order valence-corrected chi connectivity index (χ2v) is 10.4. The molecule has 0 spiro atoms. The molecule has 2 aliphatic heterocycles. The van der Waals surface area contributed by atoms with Crippen LogP contribution >= 0.6 is 0 Å². The number of sulfonamides is 1. The number of amides is 2. The van der Waals surface area contributed by atoms with Crippen molar-refractivity contribution in [3.05, 3.63) is 47.5 Å². The fraction of sp³-hybridized carbons (Fsp3) is 0.417. The summed E-state index contributed by atoms with van der Waals surface area (Å²) >= 11 is 0. The first-order valence-electron chi connectivity index (χ1n) is 11.3. The summed E-state index contributed by atoms with van der Waals surface area (Å²) in [6.45, 7) is 4.86. The summed E-state index contributed by atoms with van der Waals surface area (Å²) in [5, 5.41) is 5.61. The summed E-state index contributed by atoms with van der Waals surface area (Å²) < 4.78 is 39.1. The van der Waals surface area contributed by atoms with E-state index in [1.54, 1.807) is 13.0 Å². The van der Waals surface area contributed by atoms with Gasteiger partial charge in [0.2, 0.25) is 15.9 Å². The van der Waals surface area contributed by atoms with Gasteiger partial charge in [0, 0.05) is 25.7 Å². The van der Waals surface area contributed by atoms with Crippen LogP contribution in [0.2, 0.25) is 0 Å². The molecule has 1 unspecified atom stereocenters. The molecule has 2 heterocycles. The van der Waals surface area contributed by atoms with Gasteiger partial charge in [0.15, 0.2) is 6.61 Å². The third-order valence-corrected chi connectivity index (χ3v) is 7.99. The Hall–Kier alpha value is -3.11. The summed E-state index contributed by atoms with van der Waals surface area (Å²) in [7, 11) is -3.84. The van der Waals surface area contributed by atoms with Gasteiger partial charge in [-0.1, -0.05) is 12.1 Å². The molecule has 2 amide bonds. The van der Waals surface area contributed by atoms with Crippen LogP contribution in [0.1, 0.15) is 30.9 Å². The van der Waals surface area contributed by atoms with Crippen molar-refractivity contribution in [1.29, 1.82) is 0 Å². The first-order valence-corrected chi connectivity index (χ1v) is 12.8.